The Morgan fingerprint density at radius 3 is 2.62 bits per heavy atom. The summed E-state index contributed by atoms with van der Waals surface area (Å²) >= 11 is 1.78. The van der Waals surface area contributed by atoms with Crippen molar-refractivity contribution in [3.05, 3.63) is 51.7 Å². The van der Waals surface area contributed by atoms with Crippen LogP contribution in [-0.2, 0) is 6.54 Å². The highest BCUT2D eigenvalue weighted by molar-refractivity contribution is 7.09. The summed E-state index contributed by atoms with van der Waals surface area (Å²) in [4.78, 5) is 1.36. The number of hydrogen-bond donors (Lipinski definition) is 1. The number of benzene rings is 1. The average molecular weight is 303 g/mol. The summed E-state index contributed by atoms with van der Waals surface area (Å²) in [5.41, 5.74) is 2.70. The largest absolute Gasteiger partial charge is 0.489 e. The van der Waals surface area contributed by atoms with Crippen LogP contribution in [0.25, 0.3) is 0 Å². The Morgan fingerprint density at radius 1 is 1.19 bits per heavy atom. The molecule has 1 heterocycles. The second-order valence-corrected chi connectivity index (χ2v) is 6.84. The molecular formula is C18H25NOS. The van der Waals surface area contributed by atoms with E-state index in [0.717, 1.165) is 18.8 Å². The predicted molar refractivity (Wildman–Crippen MR) is 91.4 cm³/mol. The van der Waals surface area contributed by atoms with E-state index in [0.29, 0.717) is 5.92 Å². The molecule has 2 aromatic rings. The van der Waals surface area contributed by atoms with Crippen LogP contribution < -0.4 is 10.1 Å². The molecule has 3 heteroatoms. The number of nitrogens with one attached hydrogen (secondary N) is 1. The third-order valence-corrected chi connectivity index (χ3v) is 4.39. The first-order valence-electron chi connectivity index (χ1n) is 7.56. The number of thiophene rings is 1. The number of aryl methyl sites for hydroxylation is 1. The van der Waals surface area contributed by atoms with E-state index in [1.807, 2.05) is 0 Å². The second-order valence-electron chi connectivity index (χ2n) is 5.81. The topological polar surface area (TPSA) is 21.3 Å². The highest BCUT2D eigenvalue weighted by Crippen LogP contribution is 2.24. The molecule has 0 fully saturated rings. The van der Waals surface area contributed by atoms with Crippen LogP contribution in [0.2, 0.25) is 0 Å². The molecule has 0 spiro atoms. The van der Waals surface area contributed by atoms with Gasteiger partial charge in [-0.3, -0.25) is 0 Å². The van der Waals surface area contributed by atoms with Crippen molar-refractivity contribution in [1.29, 1.82) is 0 Å². The molecular weight excluding hydrogens is 278 g/mol. The summed E-state index contributed by atoms with van der Waals surface area (Å²) in [6.45, 7) is 10.5. The molecule has 1 unspecified atom stereocenters. The minimum Gasteiger partial charge on any atom is -0.489 e. The van der Waals surface area contributed by atoms with Crippen molar-refractivity contribution in [2.45, 2.75) is 46.3 Å². The number of hydrogen-bond acceptors (Lipinski definition) is 3. The molecule has 1 atom stereocenters. The normalized spacial score (nSPS) is 12.6. The van der Waals surface area contributed by atoms with Gasteiger partial charge in [0, 0.05) is 18.0 Å². The average Bonchev–Trinajstić information content (AvgIpc) is 2.91. The van der Waals surface area contributed by atoms with Gasteiger partial charge in [0.05, 0.1) is 0 Å². The summed E-state index contributed by atoms with van der Waals surface area (Å²) < 4.78 is 5.99. The van der Waals surface area contributed by atoms with Gasteiger partial charge in [0.25, 0.3) is 0 Å². The summed E-state index contributed by atoms with van der Waals surface area (Å²) in [5, 5.41) is 5.54. The first-order valence-corrected chi connectivity index (χ1v) is 8.44. The molecule has 1 N–H and O–H groups in total. The van der Waals surface area contributed by atoms with Crippen molar-refractivity contribution in [2.24, 2.45) is 0 Å². The van der Waals surface area contributed by atoms with E-state index >= 15 is 0 Å². The molecule has 2 nitrogen and oxygen atoms in total. The third kappa shape index (κ3) is 4.87. The van der Waals surface area contributed by atoms with Gasteiger partial charge in [-0.1, -0.05) is 26.0 Å². The summed E-state index contributed by atoms with van der Waals surface area (Å²) in [5.74, 6) is 1.52. The molecule has 0 radical (unpaired) electrons. The summed E-state index contributed by atoms with van der Waals surface area (Å²) in [6, 6.07) is 10.6. The van der Waals surface area contributed by atoms with Crippen LogP contribution in [0.15, 0.2) is 35.7 Å². The van der Waals surface area contributed by atoms with E-state index in [1.165, 1.54) is 16.0 Å². The van der Waals surface area contributed by atoms with Crippen molar-refractivity contribution >= 4 is 11.3 Å². The van der Waals surface area contributed by atoms with Crippen LogP contribution in [0, 0.1) is 6.92 Å². The molecule has 1 aromatic heterocycles. The Balaban J connectivity index is 1.82. The number of ether oxygens (including phenoxy) is 1. The Labute approximate surface area is 132 Å². The van der Waals surface area contributed by atoms with Gasteiger partial charge in [-0.05, 0) is 54.5 Å². The Hall–Kier alpha value is -1.32. The Morgan fingerprint density at radius 2 is 2.00 bits per heavy atom. The molecule has 114 valence electrons. The minimum atomic E-state index is 0.161. The van der Waals surface area contributed by atoms with E-state index < -0.39 is 0 Å². The van der Waals surface area contributed by atoms with Crippen LogP contribution in [-0.4, -0.2) is 12.6 Å². The number of rotatable bonds is 7. The molecule has 0 amide bonds. The third-order valence-electron chi connectivity index (χ3n) is 3.51. The maximum absolute atomic E-state index is 5.99. The lowest BCUT2D eigenvalue weighted by Crippen LogP contribution is -2.28. The SMILES string of the molecule is Cc1cc(OC(C)CNCc2cccs2)ccc1C(C)C. The summed E-state index contributed by atoms with van der Waals surface area (Å²) in [6.07, 6.45) is 0.161. The fourth-order valence-corrected chi connectivity index (χ4v) is 3.13. The lowest BCUT2D eigenvalue weighted by Gasteiger charge is -2.17. The Kier molecular flexibility index (Phi) is 5.83. The maximum Gasteiger partial charge on any atom is 0.120 e. The van der Waals surface area contributed by atoms with Crippen LogP contribution in [0.4, 0.5) is 0 Å². The van der Waals surface area contributed by atoms with Crippen molar-refractivity contribution in [3.8, 4) is 5.75 Å². The summed E-state index contributed by atoms with van der Waals surface area (Å²) in [7, 11) is 0. The van der Waals surface area contributed by atoms with Crippen molar-refractivity contribution in [2.75, 3.05) is 6.54 Å². The lowest BCUT2D eigenvalue weighted by atomic mass is 9.98. The molecule has 0 saturated carbocycles. The van der Waals surface area contributed by atoms with Crippen molar-refractivity contribution in [1.82, 2.24) is 5.32 Å². The lowest BCUT2D eigenvalue weighted by molar-refractivity contribution is 0.217. The smallest absolute Gasteiger partial charge is 0.120 e. The van der Waals surface area contributed by atoms with Crippen LogP contribution in [0.3, 0.4) is 0 Å². The fraction of sp³-hybridized carbons (Fsp3) is 0.444. The quantitative estimate of drug-likeness (QED) is 0.798. The molecule has 0 aliphatic heterocycles. The molecule has 0 aliphatic carbocycles. The van der Waals surface area contributed by atoms with Crippen LogP contribution in [0.1, 0.15) is 42.7 Å². The van der Waals surface area contributed by atoms with Gasteiger partial charge >= 0.3 is 0 Å². The second kappa shape index (κ2) is 7.62. The molecule has 2 rings (SSSR count). The van der Waals surface area contributed by atoms with E-state index in [4.69, 9.17) is 4.74 Å². The van der Waals surface area contributed by atoms with Crippen molar-refractivity contribution in [3.63, 3.8) is 0 Å². The fourth-order valence-electron chi connectivity index (χ4n) is 2.46. The van der Waals surface area contributed by atoms with E-state index in [1.54, 1.807) is 11.3 Å². The predicted octanol–water partition coefficient (Wildman–Crippen LogP) is 4.74. The standard InChI is InChI=1S/C18H25NOS/c1-13(2)18-8-7-16(10-14(18)3)20-15(4)11-19-12-17-6-5-9-21-17/h5-10,13,15,19H,11-12H2,1-4H3. The first-order chi connectivity index (χ1) is 10.1. The molecule has 1 aromatic carbocycles. The first kappa shape index (κ1) is 16.1. The van der Waals surface area contributed by atoms with E-state index in [-0.39, 0.29) is 6.10 Å². The zero-order chi connectivity index (χ0) is 15.2. The van der Waals surface area contributed by atoms with Gasteiger partial charge in [0.2, 0.25) is 0 Å². The van der Waals surface area contributed by atoms with Crippen molar-refractivity contribution < 1.29 is 4.74 Å². The van der Waals surface area contributed by atoms with E-state index in [9.17, 15) is 0 Å². The van der Waals surface area contributed by atoms with Gasteiger partial charge in [-0.15, -0.1) is 11.3 Å². The maximum atomic E-state index is 5.99. The highest BCUT2D eigenvalue weighted by atomic mass is 32.1. The molecule has 0 saturated heterocycles. The van der Waals surface area contributed by atoms with Gasteiger partial charge in [0.15, 0.2) is 0 Å². The highest BCUT2D eigenvalue weighted by Gasteiger charge is 2.08. The Bertz CT molecular complexity index is 548. The molecule has 0 aliphatic rings. The van der Waals surface area contributed by atoms with Gasteiger partial charge < -0.3 is 10.1 Å². The molecule has 21 heavy (non-hydrogen) atoms. The van der Waals surface area contributed by atoms with Crippen LogP contribution in [0.5, 0.6) is 5.75 Å². The zero-order valence-corrected chi connectivity index (χ0v) is 14.2. The monoisotopic (exact) mass is 303 g/mol. The zero-order valence-electron chi connectivity index (χ0n) is 13.3. The minimum absolute atomic E-state index is 0.161. The van der Waals surface area contributed by atoms with E-state index in [2.05, 4.69) is 68.7 Å². The van der Waals surface area contributed by atoms with Gasteiger partial charge in [-0.2, -0.15) is 0 Å². The van der Waals surface area contributed by atoms with Gasteiger partial charge in [0.1, 0.15) is 11.9 Å². The van der Waals surface area contributed by atoms with Gasteiger partial charge in [-0.25, -0.2) is 0 Å². The molecule has 0 bridgehead atoms. The van der Waals surface area contributed by atoms with Crippen LogP contribution >= 0.6 is 11.3 Å².